The zero-order valence-corrected chi connectivity index (χ0v) is 16.0. The lowest BCUT2D eigenvalue weighted by Crippen LogP contribution is -2.12. The number of aryl methyl sites for hydroxylation is 2. The molecule has 0 bridgehead atoms. The van der Waals surface area contributed by atoms with Crippen molar-refractivity contribution in [3.05, 3.63) is 89.0 Å². The predicted octanol–water partition coefficient (Wildman–Crippen LogP) is 7.25. The van der Waals surface area contributed by atoms with Gasteiger partial charge in [-0.2, -0.15) is 0 Å². The van der Waals surface area contributed by atoms with E-state index < -0.39 is 0 Å². The van der Waals surface area contributed by atoms with Gasteiger partial charge in [0.15, 0.2) is 0 Å². The number of hydrogen-bond donors (Lipinski definition) is 0. The van der Waals surface area contributed by atoms with Gasteiger partial charge < -0.3 is 4.90 Å². The maximum atomic E-state index is 6.24. The van der Waals surface area contributed by atoms with Gasteiger partial charge in [0.05, 0.1) is 5.69 Å². The first-order chi connectivity index (χ1) is 12.1. The Balaban J connectivity index is 2.20. The highest BCUT2D eigenvalue weighted by molar-refractivity contribution is 6.18. The lowest BCUT2D eigenvalue weighted by molar-refractivity contribution is 1.21. The monoisotopic (exact) mass is 369 g/mol. The molecule has 25 heavy (non-hydrogen) atoms. The zero-order valence-electron chi connectivity index (χ0n) is 14.5. The third kappa shape index (κ3) is 4.00. The van der Waals surface area contributed by atoms with E-state index in [1.165, 1.54) is 11.1 Å². The zero-order chi connectivity index (χ0) is 17.8. The third-order valence-corrected chi connectivity index (χ3v) is 4.87. The molecule has 0 radical (unpaired) electrons. The van der Waals surface area contributed by atoms with Crippen molar-refractivity contribution in [1.29, 1.82) is 0 Å². The van der Waals surface area contributed by atoms with E-state index in [2.05, 4.69) is 79.4 Å². The fourth-order valence-electron chi connectivity index (χ4n) is 2.83. The van der Waals surface area contributed by atoms with Gasteiger partial charge in [-0.05, 0) is 55.3 Å². The standard InChI is InChI=1S/C22H21Cl2N/c1-16-3-9-20(10-4-16)25(21-11-5-17(2)6-12-21)22-13-18(14-23)7-8-19(22)15-24/h3-13H,14-15H2,1-2H3. The fourth-order valence-corrected chi connectivity index (χ4v) is 3.22. The number of hydrogen-bond acceptors (Lipinski definition) is 1. The van der Waals surface area contributed by atoms with E-state index in [9.17, 15) is 0 Å². The van der Waals surface area contributed by atoms with Crippen LogP contribution < -0.4 is 4.90 Å². The Morgan fingerprint density at radius 1 is 0.680 bits per heavy atom. The van der Waals surface area contributed by atoms with Gasteiger partial charge >= 0.3 is 0 Å². The minimum Gasteiger partial charge on any atom is -0.310 e. The smallest absolute Gasteiger partial charge is 0.0508 e. The molecule has 0 heterocycles. The maximum Gasteiger partial charge on any atom is 0.0508 e. The van der Waals surface area contributed by atoms with E-state index in [1.54, 1.807) is 0 Å². The molecule has 3 rings (SSSR count). The van der Waals surface area contributed by atoms with E-state index >= 15 is 0 Å². The van der Waals surface area contributed by atoms with Crippen molar-refractivity contribution in [3.63, 3.8) is 0 Å². The first-order valence-electron chi connectivity index (χ1n) is 8.29. The van der Waals surface area contributed by atoms with Crippen LogP contribution in [-0.2, 0) is 11.8 Å². The molecule has 0 unspecified atom stereocenters. The molecule has 0 aliphatic heterocycles. The van der Waals surface area contributed by atoms with Crippen LogP contribution in [0.4, 0.5) is 17.1 Å². The summed E-state index contributed by atoms with van der Waals surface area (Å²) in [6, 6.07) is 23.3. The summed E-state index contributed by atoms with van der Waals surface area (Å²) in [5.74, 6) is 0.928. The van der Waals surface area contributed by atoms with E-state index in [-0.39, 0.29) is 0 Å². The molecule has 0 amide bonds. The van der Waals surface area contributed by atoms with Crippen molar-refractivity contribution < 1.29 is 0 Å². The predicted molar refractivity (Wildman–Crippen MR) is 110 cm³/mol. The molecular formula is C22H21Cl2N. The van der Waals surface area contributed by atoms with Gasteiger partial charge in [0, 0.05) is 23.1 Å². The van der Waals surface area contributed by atoms with Crippen LogP contribution in [0.5, 0.6) is 0 Å². The Bertz CT molecular complexity index is 793. The molecular weight excluding hydrogens is 349 g/mol. The van der Waals surface area contributed by atoms with Crippen molar-refractivity contribution in [2.75, 3.05) is 4.90 Å². The summed E-state index contributed by atoms with van der Waals surface area (Å²) in [6.07, 6.45) is 0. The van der Waals surface area contributed by atoms with E-state index in [1.807, 2.05) is 6.07 Å². The number of rotatable bonds is 5. The number of anilines is 3. The summed E-state index contributed by atoms with van der Waals surface area (Å²) < 4.78 is 0. The van der Waals surface area contributed by atoms with Crippen LogP contribution in [0.15, 0.2) is 66.7 Å². The summed E-state index contributed by atoms with van der Waals surface area (Å²) in [4.78, 5) is 2.24. The largest absolute Gasteiger partial charge is 0.310 e. The first kappa shape index (κ1) is 17.8. The van der Waals surface area contributed by atoms with Crippen LogP contribution >= 0.6 is 23.2 Å². The second kappa shape index (κ2) is 7.95. The highest BCUT2D eigenvalue weighted by atomic mass is 35.5. The van der Waals surface area contributed by atoms with E-state index in [0.29, 0.717) is 11.8 Å². The van der Waals surface area contributed by atoms with Gasteiger partial charge in [-0.3, -0.25) is 0 Å². The molecule has 3 aromatic rings. The summed E-state index contributed by atoms with van der Waals surface area (Å²) in [6.45, 7) is 4.19. The molecule has 0 N–H and O–H groups in total. The van der Waals surface area contributed by atoms with Crippen molar-refractivity contribution in [2.24, 2.45) is 0 Å². The lowest BCUT2D eigenvalue weighted by Gasteiger charge is -2.28. The highest BCUT2D eigenvalue weighted by Gasteiger charge is 2.16. The van der Waals surface area contributed by atoms with Crippen molar-refractivity contribution in [3.8, 4) is 0 Å². The van der Waals surface area contributed by atoms with Gasteiger partial charge in [0.25, 0.3) is 0 Å². The Hall–Kier alpha value is -1.96. The molecule has 0 saturated heterocycles. The molecule has 0 spiro atoms. The average Bonchev–Trinajstić information content (AvgIpc) is 2.65. The number of nitrogens with zero attached hydrogens (tertiary/aromatic N) is 1. The molecule has 0 aromatic heterocycles. The first-order valence-corrected chi connectivity index (χ1v) is 9.36. The molecule has 128 valence electrons. The molecule has 0 aliphatic carbocycles. The molecule has 1 nitrogen and oxygen atoms in total. The molecule has 0 aliphatic rings. The van der Waals surface area contributed by atoms with Crippen molar-refractivity contribution >= 4 is 40.3 Å². The van der Waals surface area contributed by atoms with Crippen LogP contribution in [0.25, 0.3) is 0 Å². The van der Waals surface area contributed by atoms with Gasteiger partial charge in [-0.15, -0.1) is 23.2 Å². The summed E-state index contributed by atoms with van der Waals surface area (Å²) in [7, 11) is 0. The lowest BCUT2D eigenvalue weighted by atomic mass is 10.1. The van der Waals surface area contributed by atoms with E-state index in [4.69, 9.17) is 23.2 Å². The van der Waals surface area contributed by atoms with E-state index in [0.717, 1.165) is 28.2 Å². The van der Waals surface area contributed by atoms with Crippen LogP contribution in [0.1, 0.15) is 22.3 Å². The summed E-state index contributed by atoms with van der Waals surface area (Å²) >= 11 is 12.3. The Kier molecular flexibility index (Phi) is 5.67. The van der Waals surface area contributed by atoms with Crippen molar-refractivity contribution in [2.45, 2.75) is 25.6 Å². The van der Waals surface area contributed by atoms with Gasteiger partial charge in [-0.1, -0.05) is 47.5 Å². The second-order valence-electron chi connectivity index (χ2n) is 6.24. The molecule has 0 saturated carbocycles. The van der Waals surface area contributed by atoms with Gasteiger partial charge in [-0.25, -0.2) is 0 Å². The minimum absolute atomic E-state index is 0.451. The number of alkyl halides is 2. The fraction of sp³-hybridized carbons (Fsp3) is 0.182. The Morgan fingerprint density at radius 3 is 1.64 bits per heavy atom. The maximum absolute atomic E-state index is 6.24. The Labute approximate surface area is 159 Å². The molecule has 0 fully saturated rings. The summed E-state index contributed by atoms with van der Waals surface area (Å²) in [5.41, 5.74) is 7.91. The second-order valence-corrected chi connectivity index (χ2v) is 6.77. The van der Waals surface area contributed by atoms with Gasteiger partial charge in [0.2, 0.25) is 0 Å². The van der Waals surface area contributed by atoms with Crippen molar-refractivity contribution in [1.82, 2.24) is 0 Å². The molecule has 3 aromatic carbocycles. The SMILES string of the molecule is Cc1ccc(N(c2ccc(C)cc2)c2cc(CCl)ccc2CCl)cc1. The van der Waals surface area contributed by atoms with Crippen LogP contribution in [0.2, 0.25) is 0 Å². The number of halogens is 2. The van der Waals surface area contributed by atoms with Crippen LogP contribution in [0, 0.1) is 13.8 Å². The van der Waals surface area contributed by atoms with Crippen LogP contribution in [0.3, 0.4) is 0 Å². The average molecular weight is 370 g/mol. The van der Waals surface area contributed by atoms with Gasteiger partial charge in [0.1, 0.15) is 0 Å². The third-order valence-electron chi connectivity index (χ3n) is 4.27. The molecule has 0 atom stereocenters. The summed E-state index contributed by atoms with van der Waals surface area (Å²) in [5, 5.41) is 0. The normalized spacial score (nSPS) is 10.7. The highest BCUT2D eigenvalue weighted by Crippen LogP contribution is 2.38. The topological polar surface area (TPSA) is 3.24 Å². The molecule has 3 heteroatoms. The minimum atomic E-state index is 0.451. The van der Waals surface area contributed by atoms with Crippen LogP contribution in [-0.4, -0.2) is 0 Å². The Morgan fingerprint density at radius 2 is 1.20 bits per heavy atom. The number of benzene rings is 3. The quantitative estimate of drug-likeness (QED) is 0.428.